The molecule has 11 heteroatoms. The third-order valence-electron chi connectivity index (χ3n) is 4.99. The summed E-state index contributed by atoms with van der Waals surface area (Å²) in [5, 5.41) is 3.71. The molecule has 1 aliphatic heterocycles. The molecule has 0 radical (unpaired) electrons. The predicted molar refractivity (Wildman–Crippen MR) is 99.6 cm³/mol. The molecular formula is C19H17F3N6O2. The third-order valence-corrected chi connectivity index (χ3v) is 4.99. The van der Waals surface area contributed by atoms with Crippen molar-refractivity contribution < 1.29 is 18.0 Å². The molecule has 1 N–H and O–H groups in total. The first kappa shape index (κ1) is 19.8. The van der Waals surface area contributed by atoms with Crippen LogP contribution in [0.15, 0.2) is 41.5 Å². The topological polar surface area (TPSA) is 96.8 Å². The van der Waals surface area contributed by atoms with Gasteiger partial charge in [-0.25, -0.2) is 4.98 Å². The number of aromatic amines is 1. The molecule has 3 aromatic rings. The standard InChI is InChI=1S/C19H17F3N6O2/c1-27-15(19(20,21)22)8-14(26-27)18(30)28-7-4-12(10-28)17-24-13(9-16(29)25-17)11-2-5-23-6-3-11/h2-3,5-6,8-9,12H,4,7,10H2,1H3,(H,24,25,29)/t12-/m1/s1. The first-order valence-corrected chi connectivity index (χ1v) is 9.14. The number of aryl methyl sites for hydroxylation is 1. The molecule has 0 aromatic carbocycles. The van der Waals surface area contributed by atoms with E-state index in [9.17, 15) is 22.8 Å². The van der Waals surface area contributed by atoms with Gasteiger partial charge in [-0.1, -0.05) is 0 Å². The minimum Gasteiger partial charge on any atom is -0.336 e. The molecule has 0 bridgehead atoms. The summed E-state index contributed by atoms with van der Waals surface area (Å²) in [6, 6.07) is 5.59. The minimum atomic E-state index is -4.59. The summed E-state index contributed by atoms with van der Waals surface area (Å²) in [4.78, 5) is 37.3. The average molecular weight is 418 g/mol. The van der Waals surface area contributed by atoms with Crippen molar-refractivity contribution in [3.63, 3.8) is 0 Å². The fraction of sp³-hybridized carbons (Fsp3) is 0.316. The van der Waals surface area contributed by atoms with Gasteiger partial charge >= 0.3 is 6.18 Å². The maximum Gasteiger partial charge on any atom is 0.433 e. The molecule has 0 aliphatic carbocycles. The van der Waals surface area contributed by atoms with E-state index in [2.05, 4.69) is 20.1 Å². The highest BCUT2D eigenvalue weighted by atomic mass is 19.4. The number of nitrogens with zero attached hydrogens (tertiary/aromatic N) is 5. The number of hydrogen-bond donors (Lipinski definition) is 1. The van der Waals surface area contributed by atoms with E-state index >= 15 is 0 Å². The maximum absolute atomic E-state index is 13.0. The summed E-state index contributed by atoms with van der Waals surface area (Å²) < 4.78 is 39.6. The fourth-order valence-corrected chi connectivity index (χ4v) is 3.51. The Balaban J connectivity index is 1.55. The number of amides is 1. The minimum absolute atomic E-state index is 0.222. The SMILES string of the molecule is Cn1nc(C(=O)N2CC[C@@H](c3nc(-c4ccncc4)cc(=O)[nH]3)C2)cc1C(F)(F)F. The van der Waals surface area contributed by atoms with Crippen LogP contribution in [-0.4, -0.2) is 48.6 Å². The van der Waals surface area contributed by atoms with Crippen molar-refractivity contribution in [1.29, 1.82) is 0 Å². The monoisotopic (exact) mass is 418 g/mol. The normalized spacial score (nSPS) is 16.8. The highest BCUT2D eigenvalue weighted by molar-refractivity contribution is 5.92. The summed E-state index contributed by atoms with van der Waals surface area (Å²) in [5.41, 5.74) is -0.358. The van der Waals surface area contributed by atoms with Crippen molar-refractivity contribution in [2.75, 3.05) is 13.1 Å². The smallest absolute Gasteiger partial charge is 0.336 e. The van der Waals surface area contributed by atoms with Gasteiger partial charge in [0.05, 0.1) is 5.69 Å². The Morgan fingerprint density at radius 3 is 2.63 bits per heavy atom. The van der Waals surface area contributed by atoms with Gasteiger partial charge in [0.15, 0.2) is 5.69 Å². The molecule has 1 amide bonds. The summed E-state index contributed by atoms with van der Waals surface area (Å²) >= 11 is 0. The van der Waals surface area contributed by atoms with Gasteiger partial charge in [-0.3, -0.25) is 19.3 Å². The molecular weight excluding hydrogens is 401 g/mol. The van der Waals surface area contributed by atoms with Crippen LogP contribution in [0.5, 0.6) is 0 Å². The Hall–Kier alpha value is -3.50. The number of halogens is 3. The molecule has 30 heavy (non-hydrogen) atoms. The zero-order chi connectivity index (χ0) is 21.5. The number of alkyl halides is 3. The average Bonchev–Trinajstić information content (AvgIpc) is 3.34. The van der Waals surface area contributed by atoms with E-state index in [1.807, 2.05) is 0 Å². The van der Waals surface area contributed by atoms with Gasteiger partial charge in [-0.2, -0.15) is 18.3 Å². The van der Waals surface area contributed by atoms with E-state index in [0.717, 1.165) is 18.7 Å². The second kappa shape index (κ2) is 7.39. The number of aromatic nitrogens is 5. The second-order valence-corrected chi connectivity index (χ2v) is 7.02. The van der Waals surface area contributed by atoms with Crippen molar-refractivity contribution in [2.24, 2.45) is 7.05 Å². The van der Waals surface area contributed by atoms with E-state index in [4.69, 9.17) is 0 Å². The molecule has 156 valence electrons. The molecule has 0 spiro atoms. The zero-order valence-corrected chi connectivity index (χ0v) is 15.8. The van der Waals surface area contributed by atoms with Gasteiger partial charge in [0.25, 0.3) is 11.5 Å². The van der Waals surface area contributed by atoms with E-state index in [-0.39, 0.29) is 23.7 Å². The summed E-state index contributed by atoms with van der Waals surface area (Å²) in [6.07, 6.45) is -0.885. The molecule has 0 saturated carbocycles. The van der Waals surface area contributed by atoms with Crippen molar-refractivity contribution in [3.05, 3.63) is 64.2 Å². The van der Waals surface area contributed by atoms with E-state index in [0.29, 0.717) is 29.2 Å². The Kier molecular flexibility index (Phi) is 4.88. The van der Waals surface area contributed by atoms with E-state index in [1.165, 1.54) is 11.0 Å². The zero-order valence-electron chi connectivity index (χ0n) is 15.8. The van der Waals surface area contributed by atoms with Crippen LogP contribution in [-0.2, 0) is 13.2 Å². The molecule has 4 heterocycles. The maximum atomic E-state index is 13.0. The molecule has 3 aromatic heterocycles. The van der Waals surface area contributed by atoms with Gasteiger partial charge in [0.2, 0.25) is 0 Å². The summed E-state index contributed by atoms with van der Waals surface area (Å²) in [5.74, 6) is -0.396. The number of hydrogen-bond acceptors (Lipinski definition) is 5. The number of nitrogens with one attached hydrogen (secondary N) is 1. The molecule has 8 nitrogen and oxygen atoms in total. The largest absolute Gasteiger partial charge is 0.433 e. The lowest BCUT2D eigenvalue weighted by molar-refractivity contribution is -0.143. The van der Waals surface area contributed by atoms with Crippen LogP contribution in [0, 0.1) is 0 Å². The van der Waals surface area contributed by atoms with Crippen molar-refractivity contribution >= 4 is 5.91 Å². The van der Waals surface area contributed by atoms with E-state index in [1.54, 1.807) is 24.5 Å². The molecule has 4 rings (SSSR count). The lowest BCUT2D eigenvalue weighted by Gasteiger charge is -2.15. The quantitative estimate of drug-likeness (QED) is 0.704. The predicted octanol–water partition coefficient (Wildman–Crippen LogP) is 2.21. The number of rotatable bonds is 3. The molecule has 1 saturated heterocycles. The molecule has 1 atom stereocenters. The van der Waals surface area contributed by atoms with Gasteiger partial charge in [0, 0.05) is 56.1 Å². The van der Waals surface area contributed by atoms with Crippen LogP contribution in [0.2, 0.25) is 0 Å². The Morgan fingerprint density at radius 2 is 1.97 bits per heavy atom. The van der Waals surface area contributed by atoms with Gasteiger partial charge in [-0.05, 0) is 18.6 Å². The highest BCUT2D eigenvalue weighted by Crippen LogP contribution is 2.31. The van der Waals surface area contributed by atoms with Gasteiger partial charge in [0.1, 0.15) is 11.5 Å². The Labute approximate surface area is 168 Å². The number of carbonyl (C=O) groups excluding carboxylic acids is 1. The highest BCUT2D eigenvalue weighted by Gasteiger charge is 2.37. The number of likely N-dealkylation sites (tertiary alicyclic amines) is 1. The van der Waals surface area contributed by atoms with Crippen molar-refractivity contribution in [1.82, 2.24) is 29.6 Å². The van der Waals surface area contributed by atoms with Gasteiger partial charge < -0.3 is 9.88 Å². The number of H-pyrrole nitrogens is 1. The van der Waals surface area contributed by atoms with Crippen LogP contribution >= 0.6 is 0 Å². The lowest BCUT2D eigenvalue weighted by Crippen LogP contribution is -2.29. The first-order valence-electron chi connectivity index (χ1n) is 9.14. The Bertz CT molecular complexity index is 1140. The van der Waals surface area contributed by atoms with Crippen LogP contribution in [0.25, 0.3) is 11.3 Å². The summed E-state index contributed by atoms with van der Waals surface area (Å²) in [6.45, 7) is 0.546. The first-order chi connectivity index (χ1) is 14.2. The summed E-state index contributed by atoms with van der Waals surface area (Å²) in [7, 11) is 1.14. The molecule has 0 unspecified atom stereocenters. The van der Waals surface area contributed by atoms with Gasteiger partial charge in [-0.15, -0.1) is 0 Å². The lowest BCUT2D eigenvalue weighted by atomic mass is 10.1. The van der Waals surface area contributed by atoms with Crippen LogP contribution in [0.1, 0.15) is 34.3 Å². The Morgan fingerprint density at radius 1 is 1.23 bits per heavy atom. The second-order valence-electron chi connectivity index (χ2n) is 7.02. The number of pyridine rings is 1. The van der Waals surface area contributed by atoms with Crippen LogP contribution in [0.4, 0.5) is 13.2 Å². The fourth-order valence-electron chi connectivity index (χ4n) is 3.51. The van der Waals surface area contributed by atoms with Crippen molar-refractivity contribution in [3.8, 4) is 11.3 Å². The number of carbonyl (C=O) groups is 1. The third kappa shape index (κ3) is 3.82. The van der Waals surface area contributed by atoms with Crippen LogP contribution in [0.3, 0.4) is 0 Å². The molecule has 1 fully saturated rings. The van der Waals surface area contributed by atoms with E-state index < -0.39 is 17.8 Å². The van der Waals surface area contributed by atoms with Crippen molar-refractivity contribution in [2.45, 2.75) is 18.5 Å². The molecule has 1 aliphatic rings. The van der Waals surface area contributed by atoms with Crippen LogP contribution < -0.4 is 5.56 Å².